The molecule has 0 amide bonds. The van der Waals surface area contributed by atoms with Gasteiger partial charge in [-0.3, -0.25) is 4.79 Å². The summed E-state index contributed by atoms with van der Waals surface area (Å²) in [6.07, 6.45) is 0. The number of hydrogen-bond acceptors (Lipinski definition) is 6. The van der Waals surface area contributed by atoms with E-state index in [1.54, 1.807) is 20.8 Å². The number of halogens is 1. The normalized spacial score (nSPS) is 10.4. The molecule has 0 bridgehead atoms. The molecule has 1 aromatic carbocycles. The molecule has 1 N–H and O–H groups in total. The number of aromatic amines is 1. The Morgan fingerprint density at radius 3 is 2.41 bits per heavy atom. The average Bonchev–Trinajstić information content (AvgIpc) is 2.94. The second-order valence-electron chi connectivity index (χ2n) is 5.69. The Morgan fingerprint density at radius 1 is 1.11 bits per heavy atom. The lowest BCUT2D eigenvalue weighted by molar-refractivity contribution is 0.0468. The van der Waals surface area contributed by atoms with Crippen LogP contribution >= 0.6 is 0 Å². The number of Topliss-reactive ketones (excluding diaryl/α,β-unsaturated/α-hetero) is 1. The summed E-state index contributed by atoms with van der Waals surface area (Å²) in [4.78, 5) is 39.2. The highest BCUT2D eigenvalue weighted by Crippen LogP contribution is 2.20. The molecule has 0 spiro atoms. The average molecular weight is 377 g/mol. The minimum absolute atomic E-state index is 0.172. The predicted molar refractivity (Wildman–Crippen MR) is 93.8 cm³/mol. The standard InChI is InChI=1S/C19H20FNO6/c1-5-26-19(24)17-10(2)16(11(3)21-17)15(22)9-27-18(23)13-7-6-12(25-4)8-14(13)20/h6-8,21H,5,9H2,1-4H3. The lowest BCUT2D eigenvalue weighted by atomic mass is 10.1. The van der Waals surface area contributed by atoms with E-state index in [2.05, 4.69) is 4.98 Å². The molecule has 0 aliphatic heterocycles. The van der Waals surface area contributed by atoms with Gasteiger partial charge in [-0.15, -0.1) is 0 Å². The number of esters is 2. The number of carbonyl (C=O) groups is 3. The van der Waals surface area contributed by atoms with Crippen molar-refractivity contribution in [2.75, 3.05) is 20.3 Å². The van der Waals surface area contributed by atoms with Gasteiger partial charge in [-0.2, -0.15) is 0 Å². The zero-order valence-corrected chi connectivity index (χ0v) is 15.5. The van der Waals surface area contributed by atoms with Crippen molar-refractivity contribution >= 4 is 17.7 Å². The molecule has 1 heterocycles. The number of H-pyrrole nitrogens is 1. The van der Waals surface area contributed by atoms with Crippen molar-refractivity contribution in [3.8, 4) is 5.75 Å². The maximum Gasteiger partial charge on any atom is 0.355 e. The monoisotopic (exact) mass is 377 g/mol. The van der Waals surface area contributed by atoms with Crippen molar-refractivity contribution in [2.45, 2.75) is 20.8 Å². The van der Waals surface area contributed by atoms with Crippen molar-refractivity contribution < 1.29 is 33.0 Å². The zero-order chi connectivity index (χ0) is 20.1. The molecule has 7 nitrogen and oxygen atoms in total. The Bertz CT molecular complexity index is 887. The highest BCUT2D eigenvalue weighted by molar-refractivity contribution is 6.04. The van der Waals surface area contributed by atoms with Crippen molar-refractivity contribution in [2.24, 2.45) is 0 Å². The molecule has 2 aromatic rings. The first-order valence-electron chi connectivity index (χ1n) is 8.20. The van der Waals surface area contributed by atoms with Gasteiger partial charge in [0.05, 0.1) is 19.3 Å². The minimum Gasteiger partial charge on any atom is -0.497 e. The minimum atomic E-state index is -0.972. The van der Waals surface area contributed by atoms with E-state index in [0.717, 1.165) is 6.07 Å². The van der Waals surface area contributed by atoms with Gasteiger partial charge < -0.3 is 19.2 Å². The van der Waals surface area contributed by atoms with Gasteiger partial charge in [0.1, 0.15) is 17.3 Å². The molecule has 0 radical (unpaired) electrons. The van der Waals surface area contributed by atoms with Crippen LogP contribution in [-0.2, 0) is 9.47 Å². The summed E-state index contributed by atoms with van der Waals surface area (Å²) < 4.78 is 28.6. The third-order valence-corrected chi connectivity index (χ3v) is 3.93. The Morgan fingerprint density at radius 2 is 1.81 bits per heavy atom. The molecule has 0 atom stereocenters. The van der Waals surface area contributed by atoms with Crippen molar-refractivity contribution in [3.05, 3.63) is 52.1 Å². The molecule has 2 rings (SSSR count). The number of aryl methyl sites for hydroxylation is 1. The highest BCUT2D eigenvalue weighted by Gasteiger charge is 2.24. The SMILES string of the molecule is CCOC(=O)c1[nH]c(C)c(C(=O)COC(=O)c2ccc(OC)cc2F)c1C. The molecule has 27 heavy (non-hydrogen) atoms. The number of methoxy groups -OCH3 is 1. The van der Waals surface area contributed by atoms with Gasteiger partial charge in [-0.05, 0) is 38.5 Å². The first-order valence-corrected chi connectivity index (χ1v) is 8.20. The van der Waals surface area contributed by atoms with Crippen LogP contribution in [0.4, 0.5) is 4.39 Å². The Labute approximate surface area is 155 Å². The van der Waals surface area contributed by atoms with Crippen LogP contribution in [0.25, 0.3) is 0 Å². The summed E-state index contributed by atoms with van der Waals surface area (Å²) in [6.45, 7) is 4.49. The van der Waals surface area contributed by atoms with Gasteiger partial charge in [-0.1, -0.05) is 0 Å². The van der Waals surface area contributed by atoms with Crippen molar-refractivity contribution in [3.63, 3.8) is 0 Å². The van der Waals surface area contributed by atoms with Crippen LogP contribution < -0.4 is 4.74 Å². The van der Waals surface area contributed by atoms with Crippen molar-refractivity contribution in [1.82, 2.24) is 4.98 Å². The molecule has 0 aliphatic carbocycles. The topological polar surface area (TPSA) is 94.7 Å². The number of ether oxygens (including phenoxy) is 3. The fourth-order valence-electron chi connectivity index (χ4n) is 2.65. The van der Waals surface area contributed by atoms with E-state index < -0.39 is 30.1 Å². The summed E-state index contributed by atoms with van der Waals surface area (Å²) in [5, 5.41) is 0. The van der Waals surface area contributed by atoms with Gasteiger partial charge >= 0.3 is 11.9 Å². The number of carbonyl (C=O) groups excluding carboxylic acids is 3. The zero-order valence-electron chi connectivity index (χ0n) is 15.5. The number of nitrogens with one attached hydrogen (secondary N) is 1. The molecular weight excluding hydrogens is 357 g/mol. The fraction of sp³-hybridized carbons (Fsp3) is 0.316. The lowest BCUT2D eigenvalue weighted by Gasteiger charge is -2.07. The quantitative estimate of drug-likeness (QED) is 0.589. The van der Waals surface area contributed by atoms with Gasteiger partial charge in [0.15, 0.2) is 6.61 Å². The highest BCUT2D eigenvalue weighted by atomic mass is 19.1. The van der Waals surface area contributed by atoms with Crippen LogP contribution in [0.3, 0.4) is 0 Å². The summed E-state index contributed by atoms with van der Waals surface area (Å²) >= 11 is 0. The van der Waals surface area contributed by atoms with Gasteiger partial charge in [0, 0.05) is 17.3 Å². The summed E-state index contributed by atoms with van der Waals surface area (Å²) in [5.41, 5.74) is 0.958. The van der Waals surface area contributed by atoms with Crippen LogP contribution in [0.1, 0.15) is 49.4 Å². The molecule has 0 saturated carbocycles. The molecule has 1 aromatic heterocycles. The van der Waals surface area contributed by atoms with Gasteiger partial charge in [0.25, 0.3) is 0 Å². The fourth-order valence-corrected chi connectivity index (χ4v) is 2.65. The maximum atomic E-state index is 13.9. The Kier molecular flexibility index (Phi) is 6.33. The van der Waals surface area contributed by atoms with E-state index in [9.17, 15) is 18.8 Å². The third-order valence-electron chi connectivity index (χ3n) is 3.93. The smallest absolute Gasteiger partial charge is 0.355 e. The Hall–Kier alpha value is -3.16. The van der Waals surface area contributed by atoms with E-state index in [1.807, 2.05) is 0 Å². The second-order valence-corrected chi connectivity index (χ2v) is 5.69. The largest absolute Gasteiger partial charge is 0.497 e. The lowest BCUT2D eigenvalue weighted by Crippen LogP contribution is -2.16. The van der Waals surface area contributed by atoms with Crippen LogP contribution in [0, 0.1) is 19.7 Å². The molecule has 0 aliphatic rings. The first-order chi connectivity index (χ1) is 12.8. The third kappa shape index (κ3) is 4.33. The van der Waals surface area contributed by atoms with Crippen molar-refractivity contribution in [1.29, 1.82) is 0 Å². The number of rotatable bonds is 7. The predicted octanol–water partition coefficient (Wildman–Crippen LogP) is 3.00. The van der Waals surface area contributed by atoms with Gasteiger partial charge in [0.2, 0.25) is 5.78 Å². The molecule has 144 valence electrons. The van der Waals surface area contributed by atoms with Gasteiger partial charge in [-0.25, -0.2) is 14.0 Å². The molecule has 8 heteroatoms. The van der Waals surface area contributed by atoms with Crippen LogP contribution in [0.5, 0.6) is 5.75 Å². The number of hydrogen-bond donors (Lipinski definition) is 1. The number of benzene rings is 1. The molecule has 0 unspecified atom stereocenters. The molecule has 0 fully saturated rings. The summed E-state index contributed by atoms with van der Waals surface area (Å²) in [6, 6.07) is 3.67. The second kappa shape index (κ2) is 8.48. The summed E-state index contributed by atoms with van der Waals surface area (Å²) in [5.74, 6) is -2.62. The van der Waals surface area contributed by atoms with E-state index >= 15 is 0 Å². The number of aromatic nitrogens is 1. The molecular formula is C19H20FNO6. The summed E-state index contributed by atoms with van der Waals surface area (Å²) in [7, 11) is 1.37. The van der Waals surface area contributed by atoms with Crippen LogP contribution in [0.15, 0.2) is 18.2 Å². The van der Waals surface area contributed by atoms with E-state index in [-0.39, 0.29) is 29.2 Å². The first kappa shape index (κ1) is 20.2. The van der Waals surface area contributed by atoms with Crippen LogP contribution in [-0.4, -0.2) is 43.0 Å². The maximum absolute atomic E-state index is 13.9. The van der Waals surface area contributed by atoms with E-state index in [0.29, 0.717) is 11.3 Å². The van der Waals surface area contributed by atoms with Crippen LogP contribution in [0.2, 0.25) is 0 Å². The molecule has 0 saturated heterocycles. The van der Waals surface area contributed by atoms with E-state index in [4.69, 9.17) is 14.2 Å². The Balaban J connectivity index is 2.12. The number of ketones is 1. The van der Waals surface area contributed by atoms with E-state index in [1.165, 1.54) is 19.2 Å².